The maximum absolute atomic E-state index is 11.3. The second-order valence-corrected chi connectivity index (χ2v) is 3.24. The van der Waals surface area contributed by atoms with Crippen LogP contribution in [0, 0.1) is 0 Å². The Morgan fingerprint density at radius 3 is 2.33 bits per heavy atom. The first-order valence-corrected chi connectivity index (χ1v) is 4.66. The first-order chi connectivity index (χ1) is 5.61. The molecule has 0 aliphatic rings. The number of alkyl halides is 1. The Hall–Kier alpha value is -0.500. The SMILES string of the molecule is CCN(CC)C(=O)/C=C/C(C)Cl. The van der Waals surface area contributed by atoms with E-state index < -0.39 is 0 Å². The van der Waals surface area contributed by atoms with Gasteiger partial charge in [-0.05, 0) is 20.8 Å². The second kappa shape index (κ2) is 6.06. The summed E-state index contributed by atoms with van der Waals surface area (Å²) < 4.78 is 0. The third kappa shape index (κ3) is 4.39. The van der Waals surface area contributed by atoms with Crippen LogP contribution < -0.4 is 0 Å². The van der Waals surface area contributed by atoms with E-state index in [-0.39, 0.29) is 11.3 Å². The van der Waals surface area contributed by atoms with Crippen LogP contribution in [0.3, 0.4) is 0 Å². The molecule has 1 atom stereocenters. The lowest BCUT2D eigenvalue weighted by molar-refractivity contribution is -0.125. The Bertz CT molecular complexity index is 162. The van der Waals surface area contributed by atoms with E-state index in [1.165, 1.54) is 6.08 Å². The van der Waals surface area contributed by atoms with E-state index >= 15 is 0 Å². The lowest BCUT2D eigenvalue weighted by Gasteiger charge is -2.15. The maximum Gasteiger partial charge on any atom is 0.246 e. The molecule has 0 aliphatic carbocycles. The Balaban J connectivity index is 4.01. The van der Waals surface area contributed by atoms with Crippen molar-refractivity contribution >= 4 is 17.5 Å². The normalized spacial score (nSPS) is 13.3. The van der Waals surface area contributed by atoms with Crippen LogP contribution in [0.5, 0.6) is 0 Å². The van der Waals surface area contributed by atoms with Gasteiger partial charge in [-0.3, -0.25) is 4.79 Å². The molecule has 0 saturated heterocycles. The molecule has 0 N–H and O–H groups in total. The molecule has 1 amide bonds. The number of rotatable bonds is 4. The maximum atomic E-state index is 11.3. The predicted molar refractivity (Wildman–Crippen MR) is 52.4 cm³/mol. The van der Waals surface area contributed by atoms with Gasteiger partial charge in [0.1, 0.15) is 0 Å². The number of likely N-dealkylation sites (N-methyl/N-ethyl adjacent to an activating group) is 1. The van der Waals surface area contributed by atoms with Crippen LogP contribution >= 0.6 is 11.6 Å². The van der Waals surface area contributed by atoms with Gasteiger partial charge in [-0.1, -0.05) is 6.08 Å². The van der Waals surface area contributed by atoms with E-state index in [0.29, 0.717) is 0 Å². The molecule has 0 aromatic rings. The Morgan fingerprint density at radius 1 is 1.50 bits per heavy atom. The van der Waals surface area contributed by atoms with Gasteiger partial charge in [0.05, 0.1) is 0 Å². The third-order valence-electron chi connectivity index (χ3n) is 1.58. The molecule has 0 radical (unpaired) electrons. The summed E-state index contributed by atoms with van der Waals surface area (Å²) in [6.07, 6.45) is 3.23. The molecule has 0 saturated carbocycles. The summed E-state index contributed by atoms with van der Waals surface area (Å²) in [5.41, 5.74) is 0. The van der Waals surface area contributed by atoms with Gasteiger partial charge >= 0.3 is 0 Å². The molecule has 0 aliphatic heterocycles. The first kappa shape index (κ1) is 11.5. The van der Waals surface area contributed by atoms with E-state index in [9.17, 15) is 4.79 Å². The first-order valence-electron chi connectivity index (χ1n) is 4.23. The average molecular weight is 190 g/mol. The molecule has 0 heterocycles. The number of halogens is 1. The summed E-state index contributed by atoms with van der Waals surface area (Å²) in [5, 5.41) is -0.0792. The third-order valence-corrected chi connectivity index (χ3v) is 1.72. The lowest BCUT2D eigenvalue weighted by atomic mass is 10.3. The molecule has 0 aromatic carbocycles. The standard InChI is InChI=1S/C9H16ClNO/c1-4-11(5-2)9(12)7-6-8(3)10/h6-8H,4-5H2,1-3H3/b7-6+. The second-order valence-electron chi connectivity index (χ2n) is 2.55. The van der Waals surface area contributed by atoms with Crippen molar-refractivity contribution in [3.8, 4) is 0 Å². The van der Waals surface area contributed by atoms with Crippen molar-refractivity contribution < 1.29 is 4.79 Å². The molecule has 0 aromatic heterocycles. The zero-order valence-electron chi connectivity index (χ0n) is 7.88. The number of hydrogen-bond donors (Lipinski definition) is 0. The van der Waals surface area contributed by atoms with Crippen molar-refractivity contribution in [1.29, 1.82) is 0 Å². The van der Waals surface area contributed by atoms with Crippen molar-refractivity contribution in [2.24, 2.45) is 0 Å². The molecular weight excluding hydrogens is 174 g/mol. The summed E-state index contributed by atoms with van der Waals surface area (Å²) in [5.74, 6) is 0.0347. The van der Waals surface area contributed by atoms with E-state index in [4.69, 9.17) is 11.6 Å². The minimum atomic E-state index is -0.0792. The Morgan fingerprint density at radius 2 is 2.00 bits per heavy atom. The number of hydrogen-bond acceptors (Lipinski definition) is 1. The van der Waals surface area contributed by atoms with Crippen molar-refractivity contribution in [3.05, 3.63) is 12.2 Å². The van der Waals surface area contributed by atoms with E-state index in [1.54, 1.807) is 11.0 Å². The highest BCUT2D eigenvalue weighted by Gasteiger charge is 2.04. The zero-order chi connectivity index (χ0) is 9.56. The highest BCUT2D eigenvalue weighted by Crippen LogP contribution is 1.97. The Kier molecular flexibility index (Phi) is 5.81. The van der Waals surface area contributed by atoms with Gasteiger partial charge < -0.3 is 4.90 Å². The van der Waals surface area contributed by atoms with Gasteiger partial charge in [0, 0.05) is 24.5 Å². The fourth-order valence-electron chi connectivity index (χ4n) is 0.856. The molecule has 2 nitrogen and oxygen atoms in total. The molecule has 0 rings (SSSR count). The number of nitrogens with zero attached hydrogens (tertiary/aromatic N) is 1. The summed E-state index contributed by atoms with van der Waals surface area (Å²) in [6, 6.07) is 0. The molecule has 0 spiro atoms. The molecule has 1 unspecified atom stereocenters. The Labute approximate surface area is 79.2 Å². The van der Waals surface area contributed by atoms with Gasteiger partial charge in [-0.2, -0.15) is 0 Å². The highest BCUT2D eigenvalue weighted by molar-refractivity contribution is 6.21. The number of amides is 1. The zero-order valence-corrected chi connectivity index (χ0v) is 8.64. The molecule has 12 heavy (non-hydrogen) atoms. The summed E-state index contributed by atoms with van der Waals surface area (Å²) in [4.78, 5) is 13.0. The van der Waals surface area contributed by atoms with E-state index in [1.807, 2.05) is 20.8 Å². The van der Waals surface area contributed by atoms with Gasteiger partial charge in [0.2, 0.25) is 5.91 Å². The molecule has 0 fully saturated rings. The van der Waals surface area contributed by atoms with Crippen LogP contribution in [0.2, 0.25) is 0 Å². The topological polar surface area (TPSA) is 20.3 Å². The lowest BCUT2D eigenvalue weighted by Crippen LogP contribution is -2.28. The van der Waals surface area contributed by atoms with Crippen molar-refractivity contribution in [2.45, 2.75) is 26.1 Å². The predicted octanol–water partition coefficient (Wildman–Crippen LogP) is 2.04. The number of allylic oxidation sites excluding steroid dienone is 1. The molecular formula is C9H16ClNO. The smallest absolute Gasteiger partial charge is 0.246 e. The van der Waals surface area contributed by atoms with Gasteiger partial charge in [-0.25, -0.2) is 0 Å². The largest absolute Gasteiger partial charge is 0.340 e. The van der Waals surface area contributed by atoms with Crippen LogP contribution in [0.1, 0.15) is 20.8 Å². The van der Waals surface area contributed by atoms with Crippen molar-refractivity contribution in [2.75, 3.05) is 13.1 Å². The summed E-state index contributed by atoms with van der Waals surface area (Å²) in [7, 11) is 0. The number of carbonyl (C=O) groups is 1. The molecule has 0 bridgehead atoms. The minimum Gasteiger partial charge on any atom is -0.340 e. The fraction of sp³-hybridized carbons (Fsp3) is 0.667. The monoisotopic (exact) mass is 189 g/mol. The van der Waals surface area contributed by atoms with Crippen molar-refractivity contribution in [3.63, 3.8) is 0 Å². The highest BCUT2D eigenvalue weighted by atomic mass is 35.5. The quantitative estimate of drug-likeness (QED) is 0.490. The van der Waals surface area contributed by atoms with Gasteiger partial charge in [-0.15, -0.1) is 11.6 Å². The minimum absolute atomic E-state index is 0.0347. The molecule has 70 valence electrons. The van der Waals surface area contributed by atoms with Crippen LogP contribution in [0.15, 0.2) is 12.2 Å². The fourth-order valence-corrected chi connectivity index (χ4v) is 0.928. The van der Waals surface area contributed by atoms with Crippen molar-refractivity contribution in [1.82, 2.24) is 4.90 Å². The van der Waals surface area contributed by atoms with Gasteiger partial charge in [0.15, 0.2) is 0 Å². The van der Waals surface area contributed by atoms with E-state index in [0.717, 1.165) is 13.1 Å². The van der Waals surface area contributed by atoms with Crippen LogP contribution in [-0.2, 0) is 4.79 Å². The molecule has 3 heteroatoms. The summed E-state index contributed by atoms with van der Waals surface area (Å²) in [6.45, 7) is 7.24. The average Bonchev–Trinajstić information content (AvgIpc) is 2.03. The van der Waals surface area contributed by atoms with E-state index in [2.05, 4.69) is 0 Å². The van der Waals surface area contributed by atoms with Gasteiger partial charge in [0.25, 0.3) is 0 Å². The van der Waals surface area contributed by atoms with Crippen LogP contribution in [0.4, 0.5) is 0 Å². The van der Waals surface area contributed by atoms with Crippen LogP contribution in [-0.4, -0.2) is 29.3 Å². The van der Waals surface area contributed by atoms with Crippen LogP contribution in [0.25, 0.3) is 0 Å². The number of carbonyl (C=O) groups excluding carboxylic acids is 1. The summed E-state index contributed by atoms with van der Waals surface area (Å²) >= 11 is 5.66.